The first-order chi connectivity index (χ1) is 4.66. The first kappa shape index (κ1) is 9.88. The highest BCUT2D eigenvalue weighted by Gasteiger charge is 2.02. The largest absolute Gasteiger partial charge is 0.385 e. The van der Waals surface area contributed by atoms with Crippen LogP contribution in [0.15, 0.2) is 0 Å². The fraction of sp³-hybridized carbons (Fsp3) is 1.00. The van der Waals surface area contributed by atoms with E-state index < -0.39 is 6.23 Å². The van der Waals surface area contributed by atoms with Crippen molar-refractivity contribution in [2.24, 2.45) is 0 Å². The van der Waals surface area contributed by atoms with Crippen LogP contribution in [0.4, 0.5) is 0 Å². The van der Waals surface area contributed by atoms with Crippen molar-refractivity contribution < 1.29 is 9.84 Å². The number of aliphatic hydroxyl groups is 1. The number of rotatable bonds is 5. The Morgan fingerprint density at radius 3 is 2.50 bits per heavy atom. The predicted molar refractivity (Wildman–Crippen MR) is 40.8 cm³/mol. The third kappa shape index (κ3) is 6.01. The van der Waals surface area contributed by atoms with Crippen LogP contribution in [0.25, 0.3) is 0 Å². The highest BCUT2D eigenvalue weighted by atomic mass is 16.5. The molecule has 62 valence electrons. The molecule has 10 heavy (non-hydrogen) atoms. The number of hydrogen-bond donors (Lipinski definition) is 2. The Labute approximate surface area is 62.4 Å². The van der Waals surface area contributed by atoms with Gasteiger partial charge in [-0.2, -0.15) is 0 Å². The summed E-state index contributed by atoms with van der Waals surface area (Å²) in [5, 5.41) is 12.1. The van der Waals surface area contributed by atoms with Crippen molar-refractivity contribution >= 4 is 0 Å². The molecular formula is C7H17NO2. The molecule has 0 aliphatic rings. The van der Waals surface area contributed by atoms with Crippen LogP contribution in [-0.2, 0) is 4.74 Å². The van der Waals surface area contributed by atoms with Crippen molar-refractivity contribution in [3.05, 3.63) is 0 Å². The Hall–Kier alpha value is -0.120. The van der Waals surface area contributed by atoms with E-state index in [2.05, 4.69) is 5.32 Å². The van der Waals surface area contributed by atoms with Crippen molar-refractivity contribution in [1.82, 2.24) is 5.32 Å². The predicted octanol–water partition coefficient (Wildman–Crippen LogP) is 0.339. The highest BCUT2D eigenvalue weighted by molar-refractivity contribution is 4.56. The molecule has 0 aromatic heterocycles. The van der Waals surface area contributed by atoms with E-state index in [4.69, 9.17) is 9.84 Å². The second-order valence-electron chi connectivity index (χ2n) is 2.62. The average molecular weight is 147 g/mol. The minimum atomic E-state index is -0.431. The minimum Gasteiger partial charge on any atom is -0.385 e. The van der Waals surface area contributed by atoms with Gasteiger partial charge in [-0.15, -0.1) is 0 Å². The average Bonchev–Trinajstić information content (AvgIpc) is 1.82. The first-order valence-electron chi connectivity index (χ1n) is 3.60. The Bertz CT molecular complexity index is 76.0. The lowest BCUT2D eigenvalue weighted by Crippen LogP contribution is -2.35. The van der Waals surface area contributed by atoms with Crippen molar-refractivity contribution in [1.29, 1.82) is 0 Å². The second kappa shape index (κ2) is 5.65. The number of ether oxygens (including phenoxy) is 1. The fourth-order valence-electron chi connectivity index (χ4n) is 0.698. The second-order valence-corrected chi connectivity index (χ2v) is 2.62. The molecule has 0 spiro atoms. The van der Waals surface area contributed by atoms with Crippen molar-refractivity contribution in [2.45, 2.75) is 32.5 Å². The van der Waals surface area contributed by atoms with E-state index in [0.29, 0.717) is 19.1 Å². The van der Waals surface area contributed by atoms with Gasteiger partial charge in [0.2, 0.25) is 0 Å². The molecule has 0 rings (SSSR count). The molecule has 2 N–H and O–H groups in total. The smallest absolute Gasteiger partial charge is 0.107 e. The van der Waals surface area contributed by atoms with Crippen LogP contribution in [-0.4, -0.2) is 31.1 Å². The van der Waals surface area contributed by atoms with Gasteiger partial charge in [0.1, 0.15) is 6.23 Å². The molecule has 0 aromatic carbocycles. The van der Waals surface area contributed by atoms with E-state index in [-0.39, 0.29) is 0 Å². The molecule has 1 unspecified atom stereocenters. The number of nitrogens with one attached hydrogen (secondary N) is 1. The summed E-state index contributed by atoms with van der Waals surface area (Å²) < 4.78 is 4.79. The normalized spacial score (nSPS) is 14.1. The summed E-state index contributed by atoms with van der Waals surface area (Å²) in [4.78, 5) is 0. The Kier molecular flexibility index (Phi) is 5.58. The first-order valence-corrected chi connectivity index (χ1v) is 3.60. The molecular weight excluding hydrogens is 130 g/mol. The lowest BCUT2D eigenvalue weighted by Gasteiger charge is -2.14. The van der Waals surface area contributed by atoms with Gasteiger partial charge in [0.15, 0.2) is 0 Å². The molecule has 0 fully saturated rings. The van der Waals surface area contributed by atoms with E-state index in [1.165, 1.54) is 0 Å². The van der Waals surface area contributed by atoms with Crippen molar-refractivity contribution in [3.63, 3.8) is 0 Å². The van der Waals surface area contributed by atoms with E-state index in [1.807, 2.05) is 13.8 Å². The lowest BCUT2D eigenvalue weighted by molar-refractivity contribution is 0.0801. The number of aliphatic hydroxyl groups excluding tert-OH is 1. The quantitative estimate of drug-likeness (QED) is 0.551. The topological polar surface area (TPSA) is 41.5 Å². The summed E-state index contributed by atoms with van der Waals surface area (Å²) in [6, 6.07) is 0.326. The van der Waals surface area contributed by atoms with Gasteiger partial charge in [0.05, 0.1) is 0 Å². The molecule has 0 bridgehead atoms. The number of hydrogen-bond acceptors (Lipinski definition) is 3. The maximum absolute atomic E-state index is 9.16. The van der Waals surface area contributed by atoms with Gasteiger partial charge in [0.25, 0.3) is 0 Å². The van der Waals surface area contributed by atoms with Crippen LogP contribution in [0.5, 0.6) is 0 Å². The maximum atomic E-state index is 9.16. The van der Waals surface area contributed by atoms with Crippen molar-refractivity contribution in [3.8, 4) is 0 Å². The molecule has 0 saturated heterocycles. The SMILES string of the molecule is COCCC(O)NC(C)C. The molecule has 0 radical (unpaired) electrons. The van der Waals surface area contributed by atoms with Gasteiger partial charge < -0.3 is 9.84 Å². The third-order valence-electron chi connectivity index (χ3n) is 1.12. The summed E-state index contributed by atoms with van der Waals surface area (Å²) in [6.45, 7) is 4.59. The van der Waals surface area contributed by atoms with Crippen molar-refractivity contribution in [2.75, 3.05) is 13.7 Å². The van der Waals surface area contributed by atoms with Gasteiger partial charge in [-0.1, -0.05) is 0 Å². The molecule has 3 heteroatoms. The maximum Gasteiger partial charge on any atom is 0.107 e. The van der Waals surface area contributed by atoms with Gasteiger partial charge in [-0.3, -0.25) is 5.32 Å². The van der Waals surface area contributed by atoms with Gasteiger partial charge in [-0.05, 0) is 13.8 Å². The molecule has 0 heterocycles. The monoisotopic (exact) mass is 147 g/mol. The van der Waals surface area contributed by atoms with E-state index in [0.717, 1.165) is 0 Å². The molecule has 3 nitrogen and oxygen atoms in total. The van der Waals surface area contributed by atoms with Crippen LogP contribution in [0.1, 0.15) is 20.3 Å². The molecule has 0 aliphatic carbocycles. The zero-order valence-corrected chi connectivity index (χ0v) is 6.92. The molecule has 0 aromatic rings. The summed E-state index contributed by atoms with van der Waals surface area (Å²) in [5.41, 5.74) is 0. The van der Waals surface area contributed by atoms with Crippen LogP contribution in [0, 0.1) is 0 Å². The summed E-state index contributed by atoms with van der Waals surface area (Å²) in [7, 11) is 1.63. The Balaban J connectivity index is 3.16. The minimum absolute atomic E-state index is 0.326. The fourth-order valence-corrected chi connectivity index (χ4v) is 0.698. The van der Waals surface area contributed by atoms with E-state index in [1.54, 1.807) is 7.11 Å². The van der Waals surface area contributed by atoms with Gasteiger partial charge in [0, 0.05) is 26.2 Å². The Morgan fingerprint density at radius 1 is 1.50 bits per heavy atom. The van der Waals surface area contributed by atoms with Crippen LogP contribution in [0.2, 0.25) is 0 Å². The highest BCUT2D eigenvalue weighted by Crippen LogP contribution is 1.89. The van der Waals surface area contributed by atoms with Gasteiger partial charge >= 0.3 is 0 Å². The third-order valence-corrected chi connectivity index (χ3v) is 1.12. The van der Waals surface area contributed by atoms with Crippen LogP contribution in [0.3, 0.4) is 0 Å². The summed E-state index contributed by atoms with van der Waals surface area (Å²) in [6.07, 6.45) is 0.217. The lowest BCUT2D eigenvalue weighted by atomic mass is 10.3. The zero-order chi connectivity index (χ0) is 7.98. The molecule has 0 amide bonds. The van der Waals surface area contributed by atoms with Crippen LogP contribution >= 0.6 is 0 Å². The zero-order valence-electron chi connectivity index (χ0n) is 6.92. The molecule has 1 atom stereocenters. The standard InChI is InChI=1S/C7H17NO2/c1-6(2)8-7(9)4-5-10-3/h6-9H,4-5H2,1-3H3. The summed E-state index contributed by atoms with van der Waals surface area (Å²) >= 11 is 0. The molecule has 0 aliphatic heterocycles. The van der Waals surface area contributed by atoms with Gasteiger partial charge in [-0.25, -0.2) is 0 Å². The van der Waals surface area contributed by atoms with E-state index >= 15 is 0 Å². The number of methoxy groups -OCH3 is 1. The molecule has 0 saturated carbocycles. The van der Waals surface area contributed by atoms with E-state index in [9.17, 15) is 0 Å². The van der Waals surface area contributed by atoms with Crippen LogP contribution < -0.4 is 5.32 Å². The summed E-state index contributed by atoms with van der Waals surface area (Å²) in [5.74, 6) is 0. The Morgan fingerprint density at radius 2 is 2.10 bits per heavy atom.